The Kier molecular flexibility index (Phi) is 5.03. The maximum atomic E-state index is 13.2. The molecule has 0 amide bonds. The highest BCUT2D eigenvalue weighted by Gasteiger charge is 2.12. The van der Waals surface area contributed by atoms with Crippen LogP contribution in [0.2, 0.25) is 0 Å². The third kappa shape index (κ3) is 4.47. The van der Waals surface area contributed by atoms with Gasteiger partial charge in [-0.3, -0.25) is 4.98 Å². The van der Waals surface area contributed by atoms with E-state index in [-0.39, 0.29) is 12.3 Å². The molecule has 0 fully saturated rings. The Morgan fingerprint density at radius 1 is 1.12 bits per heavy atom. The molecule has 0 saturated heterocycles. The standard InChI is InChI=1S/C17H15FN2O2S2/c18-16-3-1-2-14(8-16)12-24(21,22)20-10-13-4-6-19-17(9-13)15-5-7-23-11-15/h1-9,11,20H,10,12H2. The van der Waals surface area contributed by atoms with Crippen LogP contribution in [0.3, 0.4) is 0 Å². The molecule has 2 heterocycles. The number of nitrogens with zero attached hydrogens (tertiary/aromatic N) is 1. The van der Waals surface area contributed by atoms with Gasteiger partial charge in [0.1, 0.15) is 5.82 Å². The topological polar surface area (TPSA) is 59.1 Å². The maximum Gasteiger partial charge on any atom is 0.216 e. The van der Waals surface area contributed by atoms with Crippen LogP contribution in [-0.2, 0) is 22.3 Å². The monoisotopic (exact) mass is 362 g/mol. The molecule has 4 nitrogen and oxygen atoms in total. The lowest BCUT2D eigenvalue weighted by atomic mass is 10.1. The minimum atomic E-state index is -3.55. The molecule has 3 rings (SSSR count). The van der Waals surface area contributed by atoms with Crippen LogP contribution in [0.25, 0.3) is 11.3 Å². The molecule has 0 bridgehead atoms. The van der Waals surface area contributed by atoms with Crippen molar-refractivity contribution in [1.82, 2.24) is 9.71 Å². The summed E-state index contributed by atoms with van der Waals surface area (Å²) in [6.45, 7) is 0.164. The Balaban J connectivity index is 1.67. The summed E-state index contributed by atoms with van der Waals surface area (Å²) in [5, 5.41) is 3.95. The van der Waals surface area contributed by atoms with Gasteiger partial charge in [0.2, 0.25) is 10.0 Å². The first-order chi connectivity index (χ1) is 11.5. The lowest BCUT2D eigenvalue weighted by Gasteiger charge is -2.08. The Morgan fingerprint density at radius 3 is 2.75 bits per heavy atom. The van der Waals surface area contributed by atoms with Gasteiger partial charge in [-0.15, -0.1) is 0 Å². The molecule has 0 aliphatic rings. The van der Waals surface area contributed by atoms with Gasteiger partial charge in [0.15, 0.2) is 0 Å². The summed E-state index contributed by atoms with van der Waals surface area (Å²) >= 11 is 1.58. The zero-order chi connectivity index (χ0) is 17.0. The Bertz CT molecular complexity index is 925. The van der Waals surface area contributed by atoms with E-state index < -0.39 is 15.8 Å². The van der Waals surface area contributed by atoms with E-state index in [9.17, 15) is 12.8 Å². The third-order valence-electron chi connectivity index (χ3n) is 3.38. The van der Waals surface area contributed by atoms with Crippen molar-refractivity contribution in [3.63, 3.8) is 0 Å². The quantitative estimate of drug-likeness (QED) is 0.729. The SMILES string of the molecule is O=S(=O)(Cc1cccc(F)c1)NCc1ccnc(-c2ccsc2)c1. The van der Waals surface area contributed by atoms with Gasteiger partial charge in [0, 0.05) is 23.7 Å². The van der Waals surface area contributed by atoms with Gasteiger partial charge in [-0.25, -0.2) is 17.5 Å². The van der Waals surface area contributed by atoms with E-state index in [1.165, 1.54) is 18.2 Å². The first kappa shape index (κ1) is 16.8. The van der Waals surface area contributed by atoms with E-state index in [0.717, 1.165) is 16.8 Å². The summed E-state index contributed by atoms with van der Waals surface area (Å²) in [6, 6.07) is 11.2. The zero-order valence-electron chi connectivity index (χ0n) is 12.6. The molecule has 1 aromatic carbocycles. The minimum Gasteiger partial charge on any atom is -0.256 e. The number of rotatable bonds is 6. The molecule has 7 heteroatoms. The van der Waals surface area contributed by atoms with Crippen molar-refractivity contribution in [1.29, 1.82) is 0 Å². The van der Waals surface area contributed by atoms with Gasteiger partial charge in [-0.2, -0.15) is 11.3 Å². The van der Waals surface area contributed by atoms with E-state index in [2.05, 4.69) is 9.71 Å². The molecule has 2 aromatic heterocycles. The number of sulfonamides is 1. The summed E-state index contributed by atoms with van der Waals surface area (Å²) in [4.78, 5) is 4.29. The molecule has 0 aliphatic heterocycles. The molecule has 0 saturated carbocycles. The number of thiophene rings is 1. The summed E-state index contributed by atoms with van der Waals surface area (Å²) in [5.41, 5.74) is 3.03. The highest BCUT2D eigenvalue weighted by Crippen LogP contribution is 2.20. The average Bonchev–Trinajstić information content (AvgIpc) is 3.07. The Morgan fingerprint density at radius 2 is 2.00 bits per heavy atom. The van der Waals surface area contributed by atoms with Crippen LogP contribution >= 0.6 is 11.3 Å². The molecule has 0 unspecified atom stereocenters. The predicted octanol–water partition coefficient (Wildman–Crippen LogP) is 3.57. The molecule has 0 spiro atoms. The van der Waals surface area contributed by atoms with Crippen molar-refractivity contribution in [2.24, 2.45) is 0 Å². The molecule has 1 N–H and O–H groups in total. The summed E-state index contributed by atoms with van der Waals surface area (Å²) < 4.78 is 40.0. The van der Waals surface area contributed by atoms with Gasteiger partial charge in [-0.05, 0) is 46.8 Å². The third-order valence-corrected chi connectivity index (χ3v) is 5.36. The van der Waals surface area contributed by atoms with Crippen molar-refractivity contribution in [3.05, 3.63) is 76.4 Å². The van der Waals surface area contributed by atoms with E-state index >= 15 is 0 Å². The molecular formula is C17H15FN2O2S2. The van der Waals surface area contributed by atoms with Gasteiger partial charge in [-0.1, -0.05) is 12.1 Å². The number of hydrogen-bond donors (Lipinski definition) is 1. The van der Waals surface area contributed by atoms with Crippen molar-refractivity contribution < 1.29 is 12.8 Å². The molecular weight excluding hydrogens is 347 g/mol. The first-order valence-electron chi connectivity index (χ1n) is 7.21. The molecule has 3 aromatic rings. The molecule has 124 valence electrons. The van der Waals surface area contributed by atoms with Crippen molar-refractivity contribution >= 4 is 21.4 Å². The number of pyridine rings is 1. The van der Waals surface area contributed by atoms with Crippen LogP contribution in [0.15, 0.2) is 59.4 Å². The predicted molar refractivity (Wildman–Crippen MR) is 93.4 cm³/mol. The van der Waals surface area contributed by atoms with Crippen LogP contribution in [-0.4, -0.2) is 13.4 Å². The average molecular weight is 362 g/mol. The molecule has 0 atom stereocenters. The van der Waals surface area contributed by atoms with Gasteiger partial charge in [0.25, 0.3) is 0 Å². The number of nitrogens with one attached hydrogen (secondary N) is 1. The van der Waals surface area contributed by atoms with Crippen LogP contribution < -0.4 is 4.72 Å². The van der Waals surface area contributed by atoms with E-state index in [1.54, 1.807) is 29.7 Å². The summed E-state index contributed by atoms with van der Waals surface area (Å²) in [6.07, 6.45) is 1.66. The fraction of sp³-hybridized carbons (Fsp3) is 0.118. The van der Waals surface area contributed by atoms with Crippen LogP contribution in [0.1, 0.15) is 11.1 Å². The van der Waals surface area contributed by atoms with Crippen molar-refractivity contribution in [2.45, 2.75) is 12.3 Å². The highest BCUT2D eigenvalue weighted by atomic mass is 32.2. The lowest BCUT2D eigenvalue weighted by Crippen LogP contribution is -2.24. The van der Waals surface area contributed by atoms with Crippen LogP contribution in [0.5, 0.6) is 0 Å². The Labute approximate surface area is 144 Å². The van der Waals surface area contributed by atoms with Crippen molar-refractivity contribution in [3.8, 4) is 11.3 Å². The summed E-state index contributed by atoms with van der Waals surface area (Å²) in [5.74, 6) is -0.704. The largest absolute Gasteiger partial charge is 0.256 e. The van der Waals surface area contributed by atoms with Crippen LogP contribution in [0.4, 0.5) is 4.39 Å². The summed E-state index contributed by atoms with van der Waals surface area (Å²) in [7, 11) is -3.55. The second-order valence-electron chi connectivity index (χ2n) is 5.27. The lowest BCUT2D eigenvalue weighted by molar-refractivity contribution is 0.580. The fourth-order valence-electron chi connectivity index (χ4n) is 2.24. The number of halogens is 1. The fourth-order valence-corrected chi connectivity index (χ4v) is 4.00. The zero-order valence-corrected chi connectivity index (χ0v) is 14.3. The van der Waals surface area contributed by atoms with Gasteiger partial charge < -0.3 is 0 Å². The minimum absolute atomic E-state index is 0.164. The highest BCUT2D eigenvalue weighted by molar-refractivity contribution is 7.88. The molecule has 0 aliphatic carbocycles. The number of hydrogen-bond acceptors (Lipinski definition) is 4. The Hall–Kier alpha value is -2.09. The number of benzene rings is 1. The van der Waals surface area contributed by atoms with E-state index in [0.29, 0.717) is 5.56 Å². The van der Waals surface area contributed by atoms with Gasteiger partial charge in [0.05, 0.1) is 11.4 Å². The normalized spacial score (nSPS) is 11.5. The number of aromatic nitrogens is 1. The molecule has 24 heavy (non-hydrogen) atoms. The first-order valence-corrected chi connectivity index (χ1v) is 9.81. The van der Waals surface area contributed by atoms with Crippen LogP contribution in [0, 0.1) is 5.82 Å². The second kappa shape index (κ2) is 7.21. The smallest absolute Gasteiger partial charge is 0.216 e. The maximum absolute atomic E-state index is 13.2. The molecule has 0 radical (unpaired) electrons. The van der Waals surface area contributed by atoms with Crippen molar-refractivity contribution in [2.75, 3.05) is 0 Å². The second-order valence-corrected chi connectivity index (χ2v) is 7.86. The van der Waals surface area contributed by atoms with E-state index in [4.69, 9.17) is 0 Å². The van der Waals surface area contributed by atoms with Gasteiger partial charge >= 0.3 is 0 Å². The van der Waals surface area contributed by atoms with E-state index in [1.807, 2.05) is 22.9 Å².